The highest BCUT2D eigenvalue weighted by atomic mass is 16.1. The Morgan fingerprint density at radius 1 is 1.29 bits per heavy atom. The average molecular weight is 287 g/mol. The first kappa shape index (κ1) is 17.2. The third-order valence-corrected chi connectivity index (χ3v) is 2.95. The Morgan fingerprint density at radius 2 is 1.90 bits per heavy atom. The molecule has 0 bridgehead atoms. The van der Waals surface area contributed by atoms with Crippen molar-refractivity contribution in [3.63, 3.8) is 0 Å². The van der Waals surface area contributed by atoms with Gasteiger partial charge in [-0.15, -0.1) is 0 Å². The van der Waals surface area contributed by atoms with Gasteiger partial charge in [-0.05, 0) is 43.8 Å². The van der Waals surface area contributed by atoms with Gasteiger partial charge in [0.15, 0.2) is 0 Å². The lowest BCUT2D eigenvalue weighted by Gasteiger charge is -2.28. The molecule has 0 aliphatic rings. The second kappa shape index (κ2) is 7.82. The van der Waals surface area contributed by atoms with Crippen LogP contribution in [-0.4, -0.2) is 44.5 Å². The van der Waals surface area contributed by atoms with Gasteiger partial charge in [-0.2, -0.15) is 0 Å². The Kier molecular flexibility index (Phi) is 6.41. The Morgan fingerprint density at radius 3 is 2.43 bits per heavy atom. The van der Waals surface area contributed by atoms with Crippen LogP contribution in [0.3, 0.4) is 0 Å². The van der Waals surface area contributed by atoms with Crippen LogP contribution in [0.25, 0.3) is 0 Å². The summed E-state index contributed by atoms with van der Waals surface area (Å²) in [6, 6.07) is 7.24. The van der Waals surface area contributed by atoms with Crippen molar-refractivity contribution in [1.29, 1.82) is 0 Å². The normalized spacial score (nSPS) is 11.0. The first-order chi connectivity index (χ1) is 9.84. The monoisotopic (exact) mass is 287 g/mol. The molecule has 0 saturated carbocycles. The lowest BCUT2D eigenvalue weighted by atomic mass is 9.93. The van der Waals surface area contributed by atoms with Crippen LogP contribution in [0.2, 0.25) is 0 Å². The highest BCUT2D eigenvalue weighted by Crippen LogP contribution is 2.14. The molecule has 1 aromatic carbocycles. The van der Waals surface area contributed by atoms with E-state index in [9.17, 15) is 4.79 Å². The molecule has 0 spiro atoms. The van der Waals surface area contributed by atoms with Crippen LogP contribution in [0.15, 0.2) is 24.3 Å². The number of hydrogen-bond donors (Lipinski definition) is 2. The molecule has 4 heteroatoms. The van der Waals surface area contributed by atoms with E-state index in [1.54, 1.807) is 12.1 Å². The van der Waals surface area contributed by atoms with Gasteiger partial charge in [0.2, 0.25) is 0 Å². The van der Waals surface area contributed by atoms with Crippen LogP contribution in [-0.2, 0) is 0 Å². The maximum absolute atomic E-state index is 12.1. The lowest BCUT2D eigenvalue weighted by molar-refractivity contribution is 0.0929. The minimum Gasteiger partial charge on any atom is -0.351 e. The maximum Gasteiger partial charge on any atom is 0.251 e. The van der Waals surface area contributed by atoms with Gasteiger partial charge >= 0.3 is 0 Å². The minimum absolute atomic E-state index is 0.0334. The molecule has 114 valence electrons. The van der Waals surface area contributed by atoms with E-state index < -0.39 is 0 Å². The lowest BCUT2D eigenvalue weighted by Crippen LogP contribution is -2.39. The highest BCUT2D eigenvalue weighted by Gasteiger charge is 2.20. The summed E-state index contributed by atoms with van der Waals surface area (Å²) in [6.45, 7) is 6.17. The SMILES string of the molecule is CN(C)CC(C)(C)CNC(=O)c1ccc(C#CCN)cc1. The molecule has 1 aromatic rings. The van der Waals surface area contributed by atoms with Gasteiger partial charge in [0.1, 0.15) is 0 Å². The van der Waals surface area contributed by atoms with Crippen LogP contribution >= 0.6 is 0 Å². The summed E-state index contributed by atoms with van der Waals surface area (Å²) in [5, 5.41) is 2.99. The fraction of sp³-hybridized carbons (Fsp3) is 0.471. The van der Waals surface area contributed by atoms with Crippen molar-refractivity contribution in [2.24, 2.45) is 11.1 Å². The first-order valence-corrected chi connectivity index (χ1v) is 7.06. The molecule has 0 saturated heterocycles. The van der Waals surface area contributed by atoms with E-state index in [4.69, 9.17) is 5.73 Å². The van der Waals surface area contributed by atoms with E-state index in [1.165, 1.54) is 0 Å². The number of nitrogens with two attached hydrogens (primary N) is 1. The molecule has 0 radical (unpaired) electrons. The zero-order valence-electron chi connectivity index (χ0n) is 13.4. The Labute approximate surface area is 127 Å². The summed E-state index contributed by atoms with van der Waals surface area (Å²) in [5.41, 5.74) is 6.87. The quantitative estimate of drug-likeness (QED) is 0.803. The molecule has 0 heterocycles. The number of amides is 1. The minimum atomic E-state index is -0.0554. The van der Waals surface area contributed by atoms with Gasteiger partial charge in [-0.25, -0.2) is 0 Å². The average Bonchev–Trinajstić information content (AvgIpc) is 2.42. The summed E-state index contributed by atoms with van der Waals surface area (Å²) in [4.78, 5) is 14.2. The fourth-order valence-electron chi connectivity index (χ4n) is 2.19. The smallest absolute Gasteiger partial charge is 0.251 e. The predicted molar refractivity (Wildman–Crippen MR) is 87.0 cm³/mol. The number of benzene rings is 1. The van der Waals surface area contributed by atoms with Gasteiger partial charge in [0.25, 0.3) is 5.91 Å². The van der Waals surface area contributed by atoms with E-state index in [-0.39, 0.29) is 11.3 Å². The van der Waals surface area contributed by atoms with E-state index in [2.05, 4.69) is 35.9 Å². The summed E-state index contributed by atoms with van der Waals surface area (Å²) >= 11 is 0. The van der Waals surface area contributed by atoms with Crippen molar-refractivity contribution in [2.75, 3.05) is 33.7 Å². The molecule has 1 rings (SSSR count). The van der Waals surface area contributed by atoms with Gasteiger partial charge in [0.05, 0.1) is 6.54 Å². The number of hydrogen-bond acceptors (Lipinski definition) is 3. The molecule has 0 atom stereocenters. The number of nitrogens with zero attached hydrogens (tertiary/aromatic N) is 1. The zero-order valence-corrected chi connectivity index (χ0v) is 13.4. The van der Waals surface area contributed by atoms with Crippen LogP contribution in [0.4, 0.5) is 0 Å². The molecule has 1 amide bonds. The number of nitrogens with one attached hydrogen (secondary N) is 1. The largest absolute Gasteiger partial charge is 0.351 e. The summed E-state index contributed by atoms with van der Waals surface area (Å²) in [7, 11) is 4.06. The van der Waals surface area contributed by atoms with Gasteiger partial charge in [0, 0.05) is 24.2 Å². The standard InChI is InChI=1S/C17H25N3O/c1-17(2,13-20(3)4)12-19-16(21)15-9-7-14(8-10-15)6-5-11-18/h7-10H,11-13,18H2,1-4H3,(H,19,21). The third kappa shape index (κ3) is 6.44. The van der Waals surface area contributed by atoms with E-state index in [0.29, 0.717) is 18.7 Å². The molecule has 0 unspecified atom stereocenters. The summed E-state index contributed by atoms with van der Waals surface area (Å²) < 4.78 is 0. The van der Waals surface area contributed by atoms with Crippen LogP contribution in [0.5, 0.6) is 0 Å². The van der Waals surface area contributed by atoms with Crippen molar-refractivity contribution in [3.05, 3.63) is 35.4 Å². The molecule has 0 fully saturated rings. The van der Waals surface area contributed by atoms with Crippen LogP contribution in [0.1, 0.15) is 29.8 Å². The van der Waals surface area contributed by atoms with Crippen molar-refractivity contribution in [1.82, 2.24) is 10.2 Å². The Bertz CT molecular complexity index is 521. The van der Waals surface area contributed by atoms with Crippen molar-refractivity contribution < 1.29 is 4.79 Å². The predicted octanol–water partition coefficient (Wildman–Crippen LogP) is 1.31. The summed E-state index contributed by atoms with van der Waals surface area (Å²) in [6.07, 6.45) is 0. The molecule has 0 aliphatic carbocycles. The Hall–Kier alpha value is -1.83. The molecule has 3 N–H and O–H groups in total. The van der Waals surface area contributed by atoms with Gasteiger partial charge in [-0.3, -0.25) is 4.79 Å². The van der Waals surface area contributed by atoms with Gasteiger partial charge in [-0.1, -0.05) is 25.7 Å². The third-order valence-electron chi connectivity index (χ3n) is 2.95. The molecule has 0 aromatic heterocycles. The molecule has 4 nitrogen and oxygen atoms in total. The second-order valence-electron chi connectivity index (χ2n) is 6.17. The van der Waals surface area contributed by atoms with E-state index >= 15 is 0 Å². The van der Waals surface area contributed by atoms with Crippen molar-refractivity contribution in [3.8, 4) is 11.8 Å². The van der Waals surface area contributed by atoms with Gasteiger partial charge < -0.3 is 16.0 Å². The molecular weight excluding hydrogens is 262 g/mol. The first-order valence-electron chi connectivity index (χ1n) is 7.06. The molecule has 21 heavy (non-hydrogen) atoms. The fourth-order valence-corrected chi connectivity index (χ4v) is 2.19. The molecular formula is C17H25N3O. The van der Waals surface area contributed by atoms with Crippen molar-refractivity contribution in [2.45, 2.75) is 13.8 Å². The maximum atomic E-state index is 12.1. The highest BCUT2D eigenvalue weighted by molar-refractivity contribution is 5.94. The van der Waals surface area contributed by atoms with Crippen LogP contribution in [0, 0.1) is 17.3 Å². The van der Waals surface area contributed by atoms with Crippen molar-refractivity contribution >= 4 is 5.91 Å². The number of carbonyl (C=O) groups excluding carboxylic acids is 1. The van der Waals surface area contributed by atoms with E-state index in [1.807, 2.05) is 26.2 Å². The molecule has 0 aliphatic heterocycles. The zero-order chi connectivity index (χ0) is 15.9. The Balaban J connectivity index is 2.60. The summed E-state index contributed by atoms with van der Waals surface area (Å²) in [5.74, 6) is 5.67. The van der Waals surface area contributed by atoms with E-state index in [0.717, 1.165) is 12.1 Å². The van der Waals surface area contributed by atoms with Crippen LogP contribution < -0.4 is 11.1 Å². The topological polar surface area (TPSA) is 58.4 Å². The number of carbonyl (C=O) groups is 1. The second-order valence-corrected chi connectivity index (χ2v) is 6.17. The number of rotatable bonds is 5.